The number of para-hydroxylation sites is 1. The summed E-state index contributed by atoms with van der Waals surface area (Å²) in [5.74, 6) is -1.48. The highest BCUT2D eigenvalue weighted by Crippen LogP contribution is 2.25. The largest absolute Gasteiger partial charge is 0.480 e. The van der Waals surface area contributed by atoms with Gasteiger partial charge in [0.1, 0.15) is 18.2 Å². The lowest BCUT2D eigenvalue weighted by atomic mass is 9.98. The molecule has 0 radical (unpaired) electrons. The summed E-state index contributed by atoms with van der Waals surface area (Å²) in [6.07, 6.45) is 3.15. The van der Waals surface area contributed by atoms with Crippen LogP contribution in [0.25, 0.3) is 17.0 Å². The molecule has 4 aromatic rings. The molecule has 0 spiro atoms. The van der Waals surface area contributed by atoms with Gasteiger partial charge in [0.15, 0.2) is 0 Å². The van der Waals surface area contributed by atoms with E-state index in [1.54, 1.807) is 10.8 Å². The number of nitrogens with one attached hydrogen (secondary N) is 1. The third-order valence-corrected chi connectivity index (χ3v) is 5.33. The quantitative estimate of drug-likeness (QED) is 0.329. The summed E-state index contributed by atoms with van der Waals surface area (Å²) in [6.45, 7) is -0.216. The Hall–Kier alpha value is -4.63. The lowest BCUT2D eigenvalue weighted by Crippen LogP contribution is -2.30. The van der Waals surface area contributed by atoms with Gasteiger partial charge in [0.25, 0.3) is 5.91 Å². The maximum absolute atomic E-state index is 13.2. The highest BCUT2D eigenvalue weighted by molar-refractivity contribution is 6.04. The number of carbonyl (C=O) groups excluding carboxylic acids is 1. The van der Waals surface area contributed by atoms with Crippen LogP contribution in [0.4, 0.5) is 0 Å². The molecule has 6 heteroatoms. The zero-order chi connectivity index (χ0) is 23.2. The molecule has 33 heavy (non-hydrogen) atoms. The molecule has 0 saturated carbocycles. The van der Waals surface area contributed by atoms with Crippen LogP contribution in [0, 0.1) is 11.3 Å². The highest BCUT2D eigenvalue weighted by atomic mass is 16.4. The topological polar surface area (TPSA) is 95.1 Å². The smallest absolute Gasteiger partial charge is 0.323 e. The predicted molar refractivity (Wildman–Crippen MR) is 126 cm³/mol. The van der Waals surface area contributed by atoms with Gasteiger partial charge in [-0.1, -0.05) is 78.9 Å². The van der Waals surface area contributed by atoms with Crippen molar-refractivity contribution in [1.29, 1.82) is 5.26 Å². The molecule has 0 atom stereocenters. The van der Waals surface area contributed by atoms with Gasteiger partial charge in [-0.15, -0.1) is 0 Å². The third kappa shape index (κ3) is 4.83. The summed E-state index contributed by atoms with van der Waals surface area (Å²) in [6, 6.07) is 28.0. The molecular weight excluding hydrogens is 414 g/mol. The van der Waals surface area contributed by atoms with Crippen LogP contribution in [0.3, 0.4) is 0 Å². The van der Waals surface area contributed by atoms with Crippen molar-refractivity contribution >= 4 is 28.9 Å². The van der Waals surface area contributed by atoms with Crippen molar-refractivity contribution in [2.75, 3.05) is 0 Å². The lowest BCUT2D eigenvalue weighted by molar-refractivity contribution is -0.137. The van der Waals surface area contributed by atoms with Crippen LogP contribution in [0.1, 0.15) is 22.7 Å². The van der Waals surface area contributed by atoms with E-state index in [1.165, 1.54) is 6.08 Å². The minimum Gasteiger partial charge on any atom is -0.480 e. The maximum atomic E-state index is 13.2. The first-order valence-corrected chi connectivity index (χ1v) is 10.4. The molecule has 0 unspecified atom stereocenters. The molecule has 4 rings (SSSR count). The van der Waals surface area contributed by atoms with Crippen LogP contribution in [0.5, 0.6) is 0 Å². The van der Waals surface area contributed by atoms with Crippen LogP contribution in [0.2, 0.25) is 0 Å². The summed E-state index contributed by atoms with van der Waals surface area (Å²) >= 11 is 0. The lowest BCUT2D eigenvalue weighted by Gasteiger charge is -2.19. The summed E-state index contributed by atoms with van der Waals surface area (Å²) in [7, 11) is 0. The van der Waals surface area contributed by atoms with Crippen molar-refractivity contribution in [3.05, 3.63) is 113 Å². The number of nitriles is 1. The van der Waals surface area contributed by atoms with Crippen LogP contribution >= 0.6 is 0 Å². The molecule has 0 aliphatic carbocycles. The molecule has 1 amide bonds. The molecule has 0 aliphatic rings. The Morgan fingerprint density at radius 1 is 0.939 bits per heavy atom. The van der Waals surface area contributed by atoms with Crippen LogP contribution in [0.15, 0.2) is 96.7 Å². The molecule has 0 bridgehead atoms. The van der Waals surface area contributed by atoms with Crippen LogP contribution in [-0.2, 0) is 16.1 Å². The maximum Gasteiger partial charge on any atom is 0.323 e. The van der Waals surface area contributed by atoms with E-state index in [0.717, 1.165) is 22.0 Å². The summed E-state index contributed by atoms with van der Waals surface area (Å²) < 4.78 is 1.59. The average molecular weight is 435 g/mol. The fraction of sp³-hybridized carbons (Fsp3) is 0.0741. The van der Waals surface area contributed by atoms with Gasteiger partial charge < -0.3 is 15.0 Å². The first-order chi connectivity index (χ1) is 16.1. The molecule has 2 N–H and O–H groups in total. The normalized spacial score (nSPS) is 11.3. The Bertz CT molecular complexity index is 1330. The van der Waals surface area contributed by atoms with Gasteiger partial charge in [-0.05, 0) is 23.3 Å². The average Bonchev–Trinajstić information content (AvgIpc) is 3.18. The van der Waals surface area contributed by atoms with Gasteiger partial charge in [0.05, 0.1) is 6.04 Å². The molecule has 1 heterocycles. The van der Waals surface area contributed by atoms with Crippen LogP contribution < -0.4 is 5.32 Å². The van der Waals surface area contributed by atoms with E-state index in [9.17, 15) is 20.0 Å². The third-order valence-electron chi connectivity index (χ3n) is 5.33. The van der Waals surface area contributed by atoms with Gasteiger partial charge in [-0.2, -0.15) is 5.26 Å². The van der Waals surface area contributed by atoms with E-state index in [4.69, 9.17) is 0 Å². The van der Waals surface area contributed by atoms with Gasteiger partial charge in [0, 0.05) is 22.7 Å². The standard InChI is InChI=1S/C27H21N3O3/c28-16-21(15-22-17-30(18-25(31)32)24-14-8-7-13-23(22)24)27(33)29-26(19-9-3-1-4-10-19)20-11-5-2-6-12-20/h1-15,17,26H,18H2,(H,29,33)(H,31,32)/b21-15+. The number of carbonyl (C=O) groups is 2. The van der Waals surface area contributed by atoms with Crippen molar-refractivity contribution < 1.29 is 14.7 Å². The molecule has 0 fully saturated rings. The van der Waals surface area contributed by atoms with Gasteiger partial charge in [-0.25, -0.2) is 0 Å². The monoisotopic (exact) mass is 435 g/mol. The van der Waals surface area contributed by atoms with E-state index in [0.29, 0.717) is 5.56 Å². The number of carboxylic acid groups (broad SMARTS) is 1. The highest BCUT2D eigenvalue weighted by Gasteiger charge is 2.20. The number of carboxylic acids is 1. The van der Waals surface area contributed by atoms with Crippen molar-refractivity contribution in [3.63, 3.8) is 0 Å². The number of benzene rings is 3. The Kier molecular flexibility index (Phi) is 6.33. The second-order valence-corrected chi connectivity index (χ2v) is 7.52. The zero-order valence-electron chi connectivity index (χ0n) is 17.7. The molecule has 3 aromatic carbocycles. The number of hydrogen-bond acceptors (Lipinski definition) is 3. The van der Waals surface area contributed by atoms with Crippen molar-refractivity contribution in [3.8, 4) is 6.07 Å². The molecule has 0 saturated heterocycles. The van der Waals surface area contributed by atoms with Crippen molar-refractivity contribution in [2.45, 2.75) is 12.6 Å². The number of aliphatic carboxylic acids is 1. The summed E-state index contributed by atoms with van der Waals surface area (Å²) in [4.78, 5) is 24.4. The summed E-state index contributed by atoms with van der Waals surface area (Å²) in [5, 5.41) is 22.7. The number of hydrogen-bond donors (Lipinski definition) is 2. The minimum absolute atomic E-state index is 0.0647. The van der Waals surface area contributed by atoms with E-state index >= 15 is 0 Å². The predicted octanol–water partition coefficient (Wildman–Crippen LogP) is 4.54. The Labute approximate surface area is 191 Å². The number of nitrogens with zero attached hydrogens (tertiary/aromatic N) is 2. The second kappa shape index (κ2) is 9.67. The van der Waals surface area contributed by atoms with E-state index in [1.807, 2.05) is 91.0 Å². The molecule has 1 aromatic heterocycles. The van der Waals surface area contributed by atoms with E-state index in [-0.39, 0.29) is 12.1 Å². The summed E-state index contributed by atoms with van der Waals surface area (Å²) in [5.41, 5.74) is 3.05. The Balaban J connectivity index is 1.70. The van der Waals surface area contributed by atoms with Gasteiger partial charge in [-0.3, -0.25) is 9.59 Å². The fourth-order valence-electron chi connectivity index (χ4n) is 3.83. The molecular formula is C27H21N3O3. The van der Waals surface area contributed by atoms with Gasteiger partial charge in [0.2, 0.25) is 0 Å². The number of rotatable bonds is 7. The molecule has 0 aliphatic heterocycles. The second-order valence-electron chi connectivity index (χ2n) is 7.52. The molecule has 6 nitrogen and oxygen atoms in total. The SMILES string of the molecule is N#C/C(=C\c1cn(CC(=O)O)c2ccccc12)C(=O)NC(c1ccccc1)c1ccccc1. The first kappa shape index (κ1) is 21.6. The zero-order valence-corrected chi connectivity index (χ0v) is 17.7. The number of aromatic nitrogens is 1. The number of amides is 1. The Morgan fingerprint density at radius 2 is 1.52 bits per heavy atom. The minimum atomic E-state index is -0.974. The van der Waals surface area contributed by atoms with Gasteiger partial charge >= 0.3 is 5.97 Å². The van der Waals surface area contributed by atoms with E-state index in [2.05, 4.69) is 5.32 Å². The first-order valence-electron chi connectivity index (χ1n) is 10.4. The van der Waals surface area contributed by atoms with E-state index < -0.39 is 17.9 Å². The fourth-order valence-corrected chi connectivity index (χ4v) is 3.83. The Morgan fingerprint density at radius 3 is 2.09 bits per heavy atom. The van der Waals surface area contributed by atoms with Crippen molar-refractivity contribution in [1.82, 2.24) is 9.88 Å². The number of fused-ring (bicyclic) bond motifs is 1. The van der Waals surface area contributed by atoms with Crippen LogP contribution in [-0.4, -0.2) is 21.6 Å². The van der Waals surface area contributed by atoms with Crippen molar-refractivity contribution in [2.24, 2.45) is 0 Å². The molecule has 162 valence electrons.